The molecule has 2 N–H and O–H groups in total. The lowest BCUT2D eigenvalue weighted by atomic mass is 10.1. The van der Waals surface area contributed by atoms with E-state index < -0.39 is 0 Å². The molecule has 0 fully saturated rings. The smallest absolute Gasteiger partial charge is 0.242 e. The highest BCUT2D eigenvalue weighted by molar-refractivity contribution is 5.84. The molecule has 1 atom stereocenters. The highest BCUT2D eigenvalue weighted by atomic mass is 16.5. The van der Waals surface area contributed by atoms with Crippen LogP contribution in [-0.2, 0) is 16.0 Å². The van der Waals surface area contributed by atoms with E-state index in [-0.39, 0.29) is 11.9 Å². The quantitative estimate of drug-likeness (QED) is 0.757. The van der Waals surface area contributed by atoms with Crippen molar-refractivity contribution in [1.82, 2.24) is 5.32 Å². The normalized spacial score (nSPS) is 11.9. The number of hydrogen-bond acceptors (Lipinski definition) is 3. The van der Waals surface area contributed by atoms with E-state index >= 15 is 0 Å². The second-order valence-corrected chi connectivity index (χ2v) is 4.56. The third kappa shape index (κ3) is 5.30. The molecule has 0 spiro atoms. The van der Waals surface area contributed by atoms with Crippen LogP contribution in [0.25, 0.3) is 0 Å². The third-order valence-electron chi connectivity index (χ3n) is 2.91. The minimum absolute atomic E-state index is 0.0309. The molecule has 1 unspecified atom stereocenters. The molecule has 0 aromatic heterocycles. The Morgan fingerprint density at radius 1 is 1.37 bits per heavy atom. The molecule has 0 aliphatic rings. The van der Waals surface area contributed by atoms with Gasteiger partial charge in [0.2, 0.25) is 5.91 Å². The van der Waals surface area contributed by atoms with Crippen LogP contribution in [0.2, 0.25) is 0 Å². The summed E-state index contributed by atoms with van der Waals surface area (Å²) in [6.07, 6.45) is 1.78. The Kier molecular flexibility index (Phi) is 6.97. The molecule has 0 aliphatic heterocycles. The summed E-state index contributed by atoms with van der Waals surface area (Å²) in [4.78, 5) is 11.8. The van der Waals surface area contributed by atoms with Crippen LogP contribution in [0.4, 0.5) is 5.69 Å². The number of carbonyl (C=O) groups is 1. The van der Waals surface area contributed by atoms with Gasteiger partial charge >= 0.3 is 0 Å². The second kappa shape index (κ2) is 8.53. The minimum atomic E-state index is -0.241. The van der Waals surface area contributed by atoms with Gasteiger partial charge in [-0.3, -0.25) is 4.79 Å². The van der Waals surface area contributed by atoms with Gasteiger partial charge in [0.05, 0.1) is 6.61 Å². The number of hydrogen-bond donors (Lipinski definition) is 2. The van der Waals surface area contributed by atoms with Crippen LogP contribution in [0, 0.1) is 0 Å². The zero-order valence-corrected chi connectivity index (χ0v) is 12.0. The highest BCUT2D eigenvalue weighted by Crippen LogP contribution is 2.16. The van der Waals surface area contributed by atoms with E-state index in [4.69, 9.17) is 4.74 Å². The van der Waals surface area contributed by atoms with Crippen molar-refractivity contribution >= 4 is 11.6 Å². The zero-order valence-electron chi connectivity index (χ0n) is 12.0. The van der Waals surface area contributed by atoms with Gasteiger partial charge in [0.25, 0.3) is 0 Å². The molecule has 0 radical (unpaired) electrons. The first-order valence-electron chi connectivity index (χ1n) is 6.80. The lowest BCUT2D eigenvalue weighted by Crippen LogP contribution is -2.38. The second-order valence-electron chi connectivity index (χ2n) is 4.56. The molecule has 1 amide bonds. The SMILES string of the molecule is CCCNC(=O)C(C)Nc1ccccc1CCOC. The molecule has 19 heavy (non-hydrogen) atoms. The first kappa shape index (κ1) is 15.5. The van der Waals surface area contributed by atoms with E-state index in [1.807, 2.05) is 32.0 Å². The maximum absolute atomic E-state index is 11.8. The number of rotatable bonds is 8. The summed E-state index contributed by atoms with van der Waals surface area (Å²) in [5, 5.41) is 6.15. The van der Waals surface area contributed by atoms with E-state index in [9.17, 15) is 4.79 Å². The van der Waals surface area contributed by atoms with Gasteiger partial charge in [-0.15, -0.1) is 0 Å². The summed E-state index contributed by atoms with van der Waals surface area (Å²) in [5.41, 5.74) is 2.16. The molecule has 4 heteroatoms. The van der Waals surface area contributed by atoms with Crippen molar-refractivity contribution in [3.63, 3.8) is 0 Å². The van der Waals surface area contributed by atoms with Crippen LogP contribution < -0.4 is 10.6 Å². The standard InChI is InChI=1S/C15H24N2O2/c1-4-10-16-15(18)12(2)17-14-8-6-5-7-13(14)9-11-19-3/h5-8,12,17H,4,9-11H2,1-3H3,(H,16,18). The van der Waals surface area contributed by atoms with Gasteiger partial charge < -0.3 is 15.4 Å². The van der Waals surface area contributed by atoms with E-state index in [0.717, 1.165) is 25.1 Å². The van der Waals surface area contributed by atoms with E-state index in [2.05, 4.69) is 16.7 Å². The van der Waals surface area contributed by atoms with Gasteiger partial charge in [-0.1, -0.05) is 25.1 Å². The van der Waals surface area contributed by atoms with Crippen LogP contribution in [0.1, 0.15) is 25.8 Å². The van der Waals surface area contributed by atoms with Crippen LogP contribution in [0.3, 0.4) is 0 Å². The van der Waals surface area contributed by atoms with Gasteiger partial charge in [0.1, 0.15) is 6.04 Å². The number of anilines is 1. The van der Waals surface area contributed by atoms with E-state index in [1.54, 1.807) is 7.11 Å². The molecule has 0 saturated carbocycles. The molecule has 0 bridgehead atoms. The van der Waals surface area contributed by atoms with Crippen molar-refractivity contribution in [3.05, 3.63) is 29.8 Å². The van der Waals surface area contributed by atoms with Crippen LogP contribution in [0.5, 0.6) is 0 Å². The van der Waals surface area contributed by atoms with Gasteiger partial charge in [-0.05, 0) is 31.4 Å². The number of carbonyl (C=O) groups excluding carboxylic acids is 1. The van der Waals surface area contributed by atoms with Gasteiger partial charge in [0.15, 0.2) is 0 Å². The Hall–Kier alpha value is -1.55. The number of methoxy groups -OCH3 is 1. The molecular weight excluding hydrogens is 240 g/mol. The van der Waals surface area contributed by atoms with Crippen molar-refractivity contribution in [1.29, 1.82) is 0 Å². The van der Waals surface area contributed by atoms with Gasteiger partial charge in [-0.25, -0.2) is 0 Å². The minimum Gasteiger partial charge on any atom is -0.384 e. The summed E-state index contributed by atoms with van der Waals surface area (Å²) in [6, 6.07) is 7.77. The Bertz CT molecular complexity index is 393. The van der Waals surface area contributed by atoms with E-state index in [1.165, 1.54) is 5.56 Å². The molecule has 0 aliphatic carbocycles. The maximum Gasteiger partial charge on any atom is 0.242 e. The summed E-state index contributed by atoms with van der Waals surface area (Å²) in [7, 11) is 1.69. The topological polar surface area (TPSA) is 50.4 Å². The Morgan fingerprint density at radius 3 is 2.79 bits per heavy atom. The van der Waals surface area contributed by atoms with Crippen molar-refractivity contribution in [3.8, 4) is 0 Å². The summed E-state index contributed by atoms with van der Waals surface area (Å²) >= 11 is 0. The predicted octanol–water partition coefficient (Wildman–Crippen LogP) is 2.20. The summed E-state index contributed by atoms with van der Waals surface area (Å²) in [5.74, 6) is 0.0309. The predicted molar refractivity (Wildman–Crippen MR) is 78.4 cm³/mol. The average molecular weight is 264 g/mol. The number of ether oxygens (including phenoxy) is 1. The zero-order chi connectivity index (χ0) is 14.1. The monoisotopic (exact) mass is 264 g/mol. The summed E-state index contributed by atoms with van der Waals surface area (Å²) < 4.78 is 5.10. The number of benzene rings is 1. The lowest BCUT2D eigenvalue weighted by Gasteiger charge is -2.17. The number of amides is 1. The van der Waals surface area contributed by atoms with Crippen LogP contribution >= 0.6 is 0 Å². The van der Waals surface area contributed by atoms with Crippen molar-refractivity contribution < 1.29 is 9.53 Å². The molecule has 4 nitrogen and oxygen atoms in total. The molecule has 1 aromatic rings. The van der Waals surface area contributed by atoms with E-state index in [0.29, 0.717) is 6.61 Å². The molecule has 0 saturated heterocycles. The molecule has 1 rings (SSSR count). The fraction of sp³-hybridized carbons (Fsp3) is 0.533. The molecular formula is C15H24N2O2. The highest BCUT2D eigenvalue weighted by Gasteiger charge is 2.13. The Labute approximate surface area is 115 Å². The fourth-order valence-corrected chi connectivity index (χ4v) is 1.79. The summed E-state index contributed by atoms with van der Waals surface area (Å²) in [6.45, 7) is 5.31. The molecule has 0 heterocycles. The third-order valence-corrected chi connectivity index (χ3v) is 2.91. The average Bonchev–Trinajstić information content (AvgIpc) is 2.43. The largest absolute Gasteiger partial charge is 0.384 e. The van der Waals surface area contributed by atoms with Crippen LogP contribution in [0.15, 0.2) is 24.3 Å². The first-order chi connectivity index (χ1) is 9.19. The van der Waals surface area contributed by atoms with Crippen molar-refractivity contribution in [2.24, 2.45) is 0 Å². The fourth-order valence-electron chi connectivity index (χ4n) is 1.79. The number of para-hydroxylation sites is 1. The van der Waals surface area contributed by atoms with Crippen LogP contribution in [-0.4, -0.2) is 32.2 Å². The van der Waals surface area contributed by atoms with Gasteiger partial charge in [0, 0.05) is 19.3 Å². The molecule has 1 aromatic carbocycles. The van der Waals surface area contributed by atoms with Gasteiger partial charge in [-0.2, -0.15) is 0 Å². The molecule has 106 valence electrons. The van der Waals surface area contributed by atoms with Crippen molar-refractivity contribution in [2.75, 3.05) is 25.6 Å². The first-order valence-corrected chi connectivity index (χ1v) is 6.80. The Balaban J connectivity index is 2.62. The lowest BCUT2D eigenvalue weighted by molar-refractivity contribution is -0.121. The maximum atomic E-state index is 11.8. The number of nitrogens with one attached hydrogen (secondary N) is 2. The Morgan fingerprint density at radius 2 is 2.11 bits per heavy atom. The van der Waals surface area contributed by atoms with Crippen molar-refractivity contribution in [2.45, 2.75) is 32.7 Å².